The molecule has 9 heteroatoms. The van der Waals surface area contributed by atoms with E-state index in [1.807, 2.05) is 37.3 Å². The molecule has 0 radical (unpaired) electrons. The molecule has 0 aliphatic carbocycles. The maximum Gasteiger partial charge on any atom is 0.278 e. The Kier molecular flexibility index (Phi) is 6.23. The molecular weight excluding hydrogens is 430 g/mol. The maximum absolute atomic E-state index is 13.4. The number of hydrogen-bond donors (Lipinski definition) is 1. The van der Waals surface area contributed by atoms with Gasteiger partial charge in [-0.15, -0.1) is 0 Å². The molecule has 1 amide bonds. The van der Waals surface area contributed by atoms with E-state index in [2.05, 4.69) is 15.1 Å². The molecule has 2 aromatic heterocycles. The summed E-state index contributed by atoms with van der Waals surface area (Å²) in [6.45, 7) is 2.54. The van der Waals surface area contributed by atoms with Gasteiger partial charge in [-0.2, -0.15) is 5.10 Å². The summed E-state index contributed by atoms with van der Waals surface area (Å²) >= 11 is 6.05. The van der Waals surface area contributed by atoms with E-state index < -0.39 is 0 Å². The number of halogens is 1. The highest BCUT2D eigenvalue weighted by atomic mass is 35.5. The first-order valence-corrected chi connectivity index (χ1v) is 10.5. The Balaban J connectivity index is 1.67. The standard InChI is InChI=1S/C23H22ClN5O3/c1-3-11-28(14-20-25-18-12-15(24)9-10-17(18)22(30)26-20)23(31)21-19(32-2)13-29(27-21)16-7-5-4-6-8-16/h4-10,12-13H,3,11,14H2,1-2H3,(H,25,26,30). The minimum Gasteiger partial charge on any atom is -0.493 e. The number of nitrogens with one attached hydrogen (secondary N) is 1. The summed E-state index contributed by atoms with van der Waals surface area (Å²) in [6.07, 6.45) is 2.39. The maximum atomic E-state index is 13.4. The van der Waals surface area contributed by atoms with Crippen molar-refractivity contribution >= 4 is 28.4 Å². The van der Waals surface area contributed by atoms with Crippen LogP contribution in [0.1, 0.15) is 29.7 Å². The fourth-order valence-corrected chi connectivity index (χ4v) is 3.62. The first-order valence-electron chi connectivity index (χ1n) is 10.2. The molecule has 2 heterocycles. The second-order valence-electron chi connectivity index (χ2n) is 7.23. The molecule has 0 aliphatic rings. The van der Waals surface area contributed by atoms with Crippen molar-refractivity contribution in [2.24, 2.45) is 0 Å². The first kappa shape index (κ1) is 21.6. The molecule has 0 bridgehead atoms. The van der Waals surface area contributed by atoms with Gasteiger partial charge < -0.3 is 14.6 Å². The SMILES string of the molecule is CCCN(Cc1nc2cc(Cl)ccc2c(=O)[nH]1)C(=O)c1nn(-c2ccccc2)cc1OC. The Morgan fingerprint density at radius 2 is 2.00 bits per heavy atom. The highest BCUT2D eigenvalue weighted by Gasteiger charge is 2.24. The molecule has 4 aromatic rings. The van der Waals surface area contributed by atoms with Gasteiger partial charge in [-0.1, -0.05) is 36.7 Å². The number of methoxy groups -OCH3 is 1. The highest BCUT2D eigenvalue weighted by Crippen LogP contribution is 2.22. The molecule has 0 spiro atoms. The second kappa shape index (κ2) is 9.23. The minimum atomic E-state index is -0.313. The number of carbonyl (C=O) groups is 1. The van der Waals surface area contributed by atoms with Crippen molar-refractivity contribution in [1.29, 1.82) is 0 Å². The van der Waals surface area contributed by atoms with Crippen molar-refractivity contribution in [1.82, 2.24) is 24.6 Å². The third kappa shape index (κ3) is 4.36. The predicted molar refractivity (Wildman–Crippen MR) is 123 cm³/mol. The molecule has 0 saturated heterocycles. The van der Waals surface area contributed by atoms with E-state index in [4.69, 9.17) is 16.3 Å². The van der Waals surface area contributed by atoms with Gasteiger partial charge in [0.25, 0.3) is 11.5 Å². The van der Waals surface area contributed by atoms with E-state index in [1.165, 1.54) is 7.11 Å². The number of para-hydroxylation sites is 1. The number of benzene rings is 2. The lowest BCUT2D eigenvalue weighted by atomic mass is 10.2. The lowest BCUT2D eigenvalue weighted by Gasteiger charge is -2.21. The number of fused-ring (bicyclic) bond motifs is 1. The molecule has 8 nitrogen and oxygen atoms in total. The van der Waals surface area contributed by atoms with Crippen LogP contribution in [0.5, 0.6) is 5.75 Å². The number of nitrogens with zero attached hydrogens (tertiary/aromatic N) is 4. The van der Waals surface area contributed by atoms with E-state index in [-0.39, 0.29) is 23.7 Å². The van der Waals surface area contributed by atoms with Crippen molar-refractivity contribution < 1.29 is 9.53 Å². The Hall–Kier alpha value is -3.65. The quantitative estimate of drug-likeness (QED) is 0.461. The van der Waals surface area contributed by atoms with Gasteiger partial charge in [0.1, 0.15) is 5.82 Å². The first-order chi connectivity index (χ1) is 15.5. The molecular formula is C23H22ClN5O3. The van der Waals surface area contributed by atoms with Gasteiger partial charge in [-0.05, 0) is 36.8 Å². The predicted octanol–water partition coefficient (Wildman–Crippen LogP) is 3.82. The average Bonchev–Trinajstić information content (AvgIpc) is 3.23. The van der Waals surface area contributed by atoms with Crippen LogP contribution in [0.2, 0.25) is 5.02 Å². The van der Waals surface area contributed by atoms with Crippen LogP contribution < -0.4 is 10.3 Å². The number of amides is 1. The third-order valence-corrected chi connectivity index (χ3v) is 5.20. The summed E-state index contributed by atoms with van der Waals surface area (Å²) in [5.41, 5.74) is 1.20. The van der Waals surface area contributed by atoms with Crippen LogP contribution in [0.4, 0.5) is 0 Å². The summed E-state index contributed by atoms with van der Waals surface area (Å²) in [4.78, 5) is 34.7. The zero-order valence-electron chi connectivity index (χ0n) is 17.7. The number of aromatic amines is 1. The Bertz CT molecular complexity index is 1320. The second-order valence-corrected chi connectivity index (χ2v) is 7.66. The Morgan fingerprint density at radius 3 is 2.72 bits per heavy atom. The van der Waals surface area contributed by atoms with E-state index in [9.17, 15) is 9.59 Å². The summed E-state index contributed by atoms with van der Waals surface area (Å²) in [5, 5.41) is 5.39. The number of ether oxygens (including phenoxy) is 1. The normalized spacial score (nSPS) is 11.0. The highest BCUT2D eigenvalue weighted by molar-refractivity contribution is 6.31. The van der Waals surface area contributed by atoms with E-state index >= 15 is 0 Å². The van der Waals surface area contributed by atoms with E-state index in [1.54, 1.807) is 34.0 Å². The molecule has 0 saturated carbocycles. The van der Waals surface area contributed by atoms with Crippen LogP contribution in [0.15, 0.2) is 59.5 Å². The number of carbonyl (C=O) groups excluding carboxylic acids is 1. The number of rotatable bonds is 7. The largest absolute Gasteiger partial charge is 0.493 e. The Morgan fingerprint density at radius 1 is 1.22 bits per heavy atom. The zero-order valence-corrected chi connectivity index (χ0v) is 18.5. The number of aromatic nitrogens is 4. The van der Waals surface area contributed by atoms with Gasteiger partial charge in [-0.25, -0.2) is 9.67 Å². The van der Waals surface area contributed by atoms with Crippen LogP contribution in [-0.2, 0) is 6.54 Å². The van der Waals surface area contributed by atoms with Crippen molar-refractivity contribution in [3.63, 3.8) is 0 Å². The smallest absolute Gasteiger partial charge is 0.278 e. The summed E-state index contributed by atoms with van der Waals surface area (Å²) < 4.78 is 7.02. The number of hydrogen-bond acceptors (Lipinski definition) is 5. The fourth-order valence-electron chi connectivity index (χ4n) is 3.46. The molecule has 1 N–H and O–H groups in total. The van der Waals surface area contributed by atoms with Gasteiger partial charge in [0.05, 0.1) is 36.4 Å². The van der Waals surface area contributed by atoms with Crippen LogP contribution >= 0.6 is 11.6 Å². The summed E-state index contributed by atoms with van der Waals surface area (Å²) in [5.74, 6) is 0.423. The van der Waals surface area contributed by atoms with Crippen LogP contribution in [-0.4, -0.2) is 44.2 Å². The van der Waals surface area contributed by atoms with Crippen LogP contribution in [0.25, 0.3) is 16.6 Å². The topological polar surface area (TPSA) is 93.1 Å². The van der Waals surface area contributed by atoms with Crippen molar-refractivity contribution in [3.8, 4) is 11.4 Å². The van der Waals surface area contributed by atoms with Gasteiger partial charge in [-0.3, -0.25) is 9.59 Å². The van der Waals surface area contributed by atoms with Gasteiger partial charge in [0.15, 0.2) is 11.4 Å². The van der Waals surface area contributed by atoms with Crippen molar-refractivity contribution in [2.45, 2.75) is 19.9 Å². The monoisotopic (exact) mass is 451 g/mol. The van der Waals surface area contributed by atoms with Crippen molar-refractivity contribution in [2.75, 3.05) is 13.7 Å². The van der Waals surface area contributed by atoms with Crippen molar-refractivity contribution in [3.05, 3.63) is 81.6 Å². The minimum absolute atomic E-state index is 0.117. The fraction of sp³-hybridized carbons (Fsp3) is 0.217. The van der Waals surface area contributed by atoms with E-state index in [0.717, 1.165) is 12.1 Å². The molecule has 0 aliphatic heterocycles. The molecule has 0 unspecified atom stereocenters. The van der Waals surface area contributed by atoms with Gasteiger partial charge in [0, 0.05) is 11.6 Å². The molecule has 0 fully saturated rings. The molecule has 2 aromatic carbocycles. The summed E-state index contributed by atoms with van der Waals surface area (Å²) in [7, 11) is 1.50. The Labute approximate surface area is 189 Å². The molecule has 4 rings (SSSR count). The average molecular weight is 452 g/mol. The summed E-state index contributed by atoms with van der Waals surface area (Å²) in [6, 6.07) is 14.4. The number of H-pyrrole nitrogens is 1. The van der Waals surface area contributed by atoms with Crippen LogP contribution in [0, 0.1) is 0 Å². The lowest BCUT2D eigenvalue weighted by molar-refractivity contribution is 0.0729. The van der Waals surface area contributed by atoms with Crippen LogP contribution in [0.3, 0.4) is 0 Å². The van der Waals surface area contributed by atoms with E-state index in [0.29, 0.717) is 34.0 Å². The van der Waals surface area contributed by atoms with Gasteiger partial charge >= 0.3 is 0 Å². The molecule has 0 atom stereocenters. The third-order valence-electron chi connectivity index (χ3n) is 4.96. The molecule has 164 valence electrons. The lowest BCUT2D eigenvalue weighted by Crippen LogP contribution is -2.33. The zero-order chi connectivity index (χ0) is 22.7. The molecule has 32 heavy (non-hydrogen) atoms. The van der Waals surface area contributed by atoms with Gasteiger partial charge in [0.2, 0.25) is 0 Å².